The van der Waals surface area contributed by atoms with E-state index in [4.69, 9.17) is 10.5 Å². The Morgan fingerprint density at radius 2 is 1.94 bits per heavy atom. The molecule has 0 bridgehead atoms. The van der Waals surface area contributed by atoms with Crippen LogP contribution in [0.15, 0.2) is 18.9 Å². The summed E-state index contributed by atoms with van der Waals surface area (Å²) in [5.74, 6) is -0.569. The Morgan fingerprint density at radius 1 is 1.22 bits per heavy atom. The summed E-state index contributed by atoms with van der Waals surface area (Å²) in [4.78, 5) is 55.4. The molecule has 15 heteroatoms. The molecule has 1 aliphatic rings. The first-order chi connectivity index (χ1) is 15.4. The third-order valence-electron chi connectivity index (χ3n) is 4.16. The van der Waals surface area contributed by atoms with Crippen LogP contribution in [0, 0.1) is 0 Å². The second-order valence-corrected chi connectivity index (χ2v) is 7.32. The van der Waals surface area contributed by atoms with E-state index in [-0.39, 0.29) is 22.9 Å². The molecular formula is C17H22N10O4S. The number of hydrogen-bond donors (Lipinski definition) is 4. The monoisotopic (exact) mass is 462 g/mol. The maximum Gasteiger partial charge on any atom is 0.409 e. The number of ether oxygens (including phenoxy) is 1. The Bertz CT molecular complexity index is 1000. The molecule has 1 fully saturated rings. The van der Waals surface area contributed by atoms with Crippen molar-refractivity contribution in [3.8, 4) is 0 Å². The molecule has 0 spiro atoms. The lowest BCUT2D eigenvalue weighted by molar-refractivity contribution is -0.116. The minimum Gasteiger partial charge on any atom is -0.450 e. The normalized spacial score (nSPS) is 13.3. The lowest BCUT2D eigenvalue weighted by Gasteiger charge is -2.34. The molecule has 0 unspecified atom stereocenters. The Kier molecular flexibility index (Phi) is 7.33. The van der Waals surface area contributed by atoms with Crippen molar-refractivity contribution in [3.63, 3.8) is 0 Å². The number of rotatable bonds is 8. The first-order valence-corrected chi connectivity index (χ1v) is 10.3. The van der Waals surface area contributed by atoms with E-state index >= 15 is 0 Å². The van der Waals surface area contributed by atoms with E-state index in [1.807, 2.05) is 4.90 Å². The molecule has 2 aromatic heterocycles. The highest BCUT2D eigenvalue weighted by atomic mass is 32.1. The molecule has 0 aliphatic carbocycles. The molecule has 3 amide bonds. The second kappa shape index (κ2) is 10.3. The summed E-state index contributed by atoms with van der Waals surface area (Å²) in [6.07, 6.45) is 2.06. The number of aromatic nitrogens is 4. The van der Waals surface area contributed by atoms with Crippen LogP contribution in [0.1, 0.15) is 16.6 Å². The zero-order valence-corrected chi connectivity index (χ0v) is 18.0. The summed E-state index contributed by atoms with van der Waals surface area (Å²) < 4.78 is 5.03. The molecular weight excluding hydrogens is 440 g/mol. The fourth-order valence-corrected chi connectivity index (χ4v) is 3.29. The highest BCUT2D eigenvalue weighted by Crippen LogP contribution is 2.22. The Hall–Kier alpha value is -4.01. The van der Waals surface area contributed by atoms with Crippen molar-refractivity contribution >= 4 is 52.2 Å². The van der Waals surface area contributed by atoms with E-state index in [2.05, 4.69) is 42.7 Å². The van der Waals surface area contributed by atoms with Gasteiger partial charge in [0.15, 0.2) is 5.13 Å². The highest BCUT2D eigenvalue weighted by molar-refractivity contribution is 7.17. The van der Waals surface area contributed by atoms with Crippen LogP contribution in [0.5, 0.6) is 0 Å². The molecule has 170 valence electrons. The Morgan fingerprint density at radius 3 is 2.56 bits per heavy atom. The average molecular weight is 462 g/mol. The van der Waals surface area contributed by atoms with Crippen molar-refractivity contribution in [1.29, 1.82) is 0 Å². The fourth-order valence-electron chi connectivity index (χ4n) is 2.63. The van der Waals surface area contributed by atoms with Gasteiger partial charge in [0.05, 0.1) is 12.8 Å². The number of carbonyl (C=O) groups is 3. The fraction of sp³-hybridized carbons (Fsp3) is 0.353. The minimum absolute atomic E-state index is 0.0622. The summed E-state index contributed by atoms with van der Waals surface area (Å²) in [6, 6.07) is 0. The van der Waals surface area contributed by atoms with E-state index in [0.717, 1.165) is 17.4 Å². The van der Waals surface area contributed by atoms with Crippen molar-refractivity contribution in [2.24, 2.45) is 5.73 Å². The topological polar surface area (TPSA) is 181 Å². The summed E-state index contributed by atoms with van der Waals surface area (Å²) in [5.41, 5.74) is 10.2. The van der Waals surface area contributed by atoms with Gasteiger partial charge < -0.3 is 20.3 Å². The molecule has 0 atom stereocenters. The number of nitrogens with two attached hydrogens (primary N) is 1. The van der Waals surface area contributed by atoms with Crippen LogP contribution in [0.2, 0.25) is 0 Å². The molecule has 3 rings (SSSR count). The van der Waals surface area contributed by atoms with E-state index in [0.29, 0.717) is 43.9 Å². The van der Waals surface area contributed by atoms with Gasteiger partial charge in [-0.15, -0.1) is 0 Å². The number of hydrazine groups is 1. The molecule has 1 aliphatic heterocycles. The number of nitrogens with zero attached hydrogens (tertiary/aromatic N) is 6. The van der Waals surface area contributed by atoms with Gasteiger partial charge in [-0.25, -0.2) is 9.78 Å². The molecule has 5 N–H and O–H groups in total. The number of nitrogens with one attached hydrogen (secondary N) is 3. The van der Waals surface area contributed by atoms with Crippen molar-refractivity contribution < 1.29 is 19.1 Å². The Balaban J connectivity index is 1.78. The van der Waals surface area contributed by atoms with E-state index in [1.165, 1.54) is 6.20 Å². The summed E-state index contributed by atoms with van der Waals surface area (Å²) in [5, 5.41) is 3.25. The maximum atomic E-state index is 11.9. The predicted octanol–water partition coefficient (Wildman–Crippen LogP) is 0.0782. The maximum absolute atomic E-state index is 11.9. The number of amides is 3. The molecule has 0 saturated carbocycles. The summed E-state index contributed by atoms with van der Waals surface area (Å²) in [7, 11) is 0. The van der Waals surface area contributed by atoms with Crippen molar-refractivity contribution in [2.45, 2.75) is 6.92 Å². The Labute approximate surface area is 186 Å². The van der Waals surface area contributed by atoms with Gasteiger partial charge in [-0.1, -0.05) is 17.9 Å². The van der Waals surface area contributed by atoms with Crippen LogP contribution in [-0.2, 0) is 9.53 Å². The van der Waals surface area contributed by atoms with Gasteiger partial charge in [-0.05, 0) is 13.0 Å². The van der Waals surface area contributed by atoms with Gasteiger partial charge in [0.2, 0.25) is 17.8 Å². The average Bonchev–Trinajstić information content (AvgIpc) is 3.26. The molecule has 0 aromatic carbocycles. The van der Waals surface area contributed by atoms with Gasteiger partial charge >= 0.3 is 6.09 Å². The number of thiazole rings is 1. The van der Waals surface area contributed by atoms with Crippen LogP contribution in [0.4, 0.5) is 27.8 Å². The van der Waals surface area contributed by atoms with Crippen LogP contribution >= 0.6 is 11.3 Å². The van der Waals surface area contributed by atoms with Crippen molar-refractivity contribution in [3.05, 3.63) is 23.7 Å². The molecule has 0 radical (unpaired) electrons. The summed E-state index contributed by atoms with van der Waals surface area (Å²) >= 11 is 1.04. The van der Waals surface area contributed by atoms with Crippen LogP contribution in [0.3, 0.4) is 0 Å². The number of anilines is 4. The number of carbonyl (C=O) groups excluding carboxylic acids is 3. The quantitative estimate of drug-likeness (QED) is 0.308. The van der Waals surface area contributed by atoms with Crippen LogP contribution in [0.25, 0.3) is 0 Å². The second-order valence-electron chi connectivity index (χ2n) is 6.29. The molecule has 3 heterocycles. The number of primary amides is 1. The van der Waals surface area contributed by atoms with Gasteiger partial charge in [0.1, 0.15) is 4.88 Å². The van der Waals surface area contributed by atoms with Crippen LogP contribution in [-0.4, -0.2) is 75.5 Å². The van der Waals surface area contributed by atoms with Gasteiger partial charge in [0, 0.05) is 26.2 Å². The molecule has 1 saturated heterocycles. The van der Waals surface area contributed by atoms with Gasteiger partial charge in [-0.3, -0.25) is 25.8 Å². The third kappa shape index (κ3) is 5.78. The molecule has 2 aromatic rings. The smallest absolute Gasteiger partial charge is 0.409 e. The van der Waals surface area contributed by atoms with Crippen molar-refractivity contribution in [1.82, 2.24) is 30.3 Å². The molecule has 32 heavy (non-hydrogen) atoms. The first-order valence-electron chi connectivity index (χ1n) is 9.53. The first kappa shape index (κ1) is 22.7. The lowest BCUT2D eigenvalue weighted by atomic mass is 10.3. The minimum atomic E-state index is -0.596. The number of hydrogen-bond acceptors (Lipinski definition) is 12. The SMILES string of the molecule is C=CC(=O)NNc1nc(Nc2ncc(C(N)=O)s2)nc(N2CCN(C(=O)OCC)CC2)n1. The van der Waals surface area contributed by atoms with E-state index in [1.54, 1.807) is 11.8 Å². The van der Waals surface area contributed by atoms with Gasteiger partial charge in [-0.2, -0.15) is 15.0 Å². The highest BCUT2D eigenvalue weighted by Gasteiger charge is 2.24. The lowest BCUT2D eigenvalue weighted by Crippen LogP contribution is -2.49. The molecule has 14 nitrogen and oxygen atoms in total. The zero-order chi connectivity index (χ0) is 23.1. The van der Waals surface area contributed by atoms with E-state index in [9.17, 15) is 14.4 Å². The summed E-state index contributed by atoms with van der Waals surface area (Å²) in [6.45, 7) is 7.21. The van der Waals surface area contributed by atoms with Crippen molar-refractivity contribution in [2.75, 3.05) is 48.4 Å². The van der Waals surface area contributed by atoms with Crippen LogP contribution < -0.4 is 26.8 Å². The third-order valence-corrected chi connectivity index (χ3v) is 5.09. The zero-order valence-electron chi connectivity index (χ0n) is 17.2. The number of piperazine rings is 1. The predicted molar refractivity (Wildman–Crippen MR) is 117 cm³/mol. The largest absolute Gasteiger partial charge is 0.450 e. The van der Waals surface area contributed by atoms with Gasteiger partial charge in [0.25, 0.3) is 11.8 Å². The standard InChI is InChI=1S/C17H22N10O4S/c1-3-11(28)24-25-14-20-13(23-16-19-9-10(32-16)12(18)29)21-15(22-14)26-5-7-27(8-6-26)17(30)31-4-2/h3,9H,1,4-8H2,2H3,(H2,18,29)(H,24,28)(H2,19,20,21,22,23,25). The van der Waals surface area contributed by atoms with E-state index < -0.39 is 11.8 Å².